The van der Waals surface area contributed by atoms with Crippen molar-refractivity contribution in [3.8, 4) is 0 Å². The van der Waals surface area contributed by atoms with Gasteiger partial charge in [-0.25, -0.2) is 4.79 Å². The first-order valence-corrected chi connectivity index (χ1v) is 4.25. The maximum atomic E-state index is 11.0. The fourth-order valence-corrected chi connectivity index (χ4v) is 1.58. The van der Waals surface area contributed by atoms with Crippen LogP contribution >= 0.6 is 0 Å². The van der Waals surface area contributed by atoms with E-state index in [9.17, 15) is 4.79 Å². The first kappa shape index (κ1) is 7.38. The van der Waals surface area contributed by atoms with E-state index in [0.29, 0.717) is 5.58 Å². The Hall–Kier alpha value is -2.03. The maximum Gasteiger partial charge on any atom is 0.336 e. The average molecular weight is 186 g/mol. The molecule has 0 N–H and O–H groups in total. The Labute approximate surface area is 78.6 Å². The second-order valence-corrected chi connectivity index (χ2v) is 3.08. The number of furan rings is 1. The topological polar surface area (TPSA) is 43.4 Å². The highest BCUT2D eigenvalue weighted by Crippen LogP contribution is 2.26. The summed E-state index contributed by atoms with van der Waals surface area (Å²) in [6.07, 6.45) is 1.34. The van der Waals surface area contributed by atoms with Crippen LogP contribution in [0.3, 0.4) is 0 Å². The van der Waals surface area contributed by atoms with Gasteiger partial charge in [0, 0.05) is 16.8 Å². The van der Waals surface area contributed by atoms with Crippen molar-refractivity contribution >= 4 is 21.9 Å². The first-order chi connectivity index (χ1) is 6.84. The molecule has 0 spiro atoms. The Balaban J connectivity index is 2.65. The molecule has 1 aromatic carbocycles. The first-order valence-electron chi connectivity index (χ1n) is 4.25. The molecule has 0 aliphatic rings. The van der Waals surface area contributed by atoms with Crippen molar-refractivity contribution in [1.82, 2.24) is 0 Å². The lowest BCUT2D eigenvalue weighted by atomic mass is 10.2. The molecule has 14 heavy (non-hydrogen) atoms. The van der Waals surface area contributed by atoms with Crippen molar-refractivity contribution in [2.45, 2.75) is 0 Å². The molecule has 0 radical (unpaired) electrons. The standard InChI is InChI=1S/C11H6O3/c12-11-5-8-7-3-1-2-4-9(7)14-10(8)6-13-11/h1-6H. The number of hydrogen-bond acceptors (Lipinski definition) is 3. The number of rotatable bonds is 0. The molecule has 2 aromatic heterocycles. The molecule has 0 aliphatic carbocycles. The van der Waals surface area contributed by atoms with Gasteiger partial charge in [-0.3, -0.25) is 0 Å². The van der Waals surface area contributed by atoms with E-state index in [-0.39, 0.29) is 5.63 Å². The fraction of sp³-hybridized carbons (Fsp3) is 0. The van der Waals surface area contributed by atoms with Gasteiger partial charge in [0.25, 0.3) is 0 Å². The molecule has 3 aromatic rings. The Morgan fingerprint density at radius 3 is 2.79 bits per heavy atom. The van der Waals surface area contributed by atoms with Gasteiger partial charge in [0.1, 0.15) is 11.8 Å². The quantitative estimate of drug-likeness (QED) is 0.541. The summed E-state index contributed by atoms with van der Waals surface area (Å²) in [4.78, 5) is 11.0. The summed E-state index contributed by atoms with van der Waals surface area (Å²) >= 11 is 0. The van der Waals surface area contributed by atoms with Crippen LogP contribution in [0.1, 0.15) is 0 Å². The summed E-state index contributed by atoms with van der Waals surface area (Å²) in [5.74, 6) is 0. The lowest BCUT2D eigenvalue weighted by molar-refractivity contribution is 0.504. The minimum atomic E-state index is -0.357. The molecule has 3 nitrogen and oxygen atoms in total. The van der Waals surface area contributed by atoms with Crippen molar-refractivity contribution in [2.24, 2.45) is 0 Å². The predicted octanol–water partition coefficient (Wildman–Crippen LogP) is 2.54. The summed E-state index contributed by atoms with van der Waals surface area (Å²) in [5.41, 5.74) is 1.01. The van der Waals surface area contributed by atoms with Gasteiger partial charge in [0.15, 0.2) is 5.58 Å². The van der Waals surface area contributed by atoms with E-state index in [2.05, 4.69) is 0 Å². The molecule has 2 heterocycles. The molecule has 0 amide bonds. The molecule has 0 aliphatic heterocycles. The molecule has 3 heteroatoms. The van der Waals surface area contributed by atoms with E-state index in [1.807, 2.05) is 24.3 Å². The fourth-order valence-electron chi connectivity index (χ4n) is 1.58. The van der Waals surface area contributed by atoms with Crippen LogP contribution in [0.15, 0.2) is 50.2 Å². The van der Waals surface area contributed by atoms with Crippen molar-refractivity contribution in [2.75, 3.05) is 0 Å². The molecular weight excluding hydrogens is 180 g/mol. The third-order valence-electron chi connectivity index (χ3n) is 2.21. The van der Waals surface area contributed by atoms with Gasteiger partial charge in [0.05, 0.1) is 0 Å². The highest BCUT2D eigenvalue weighted by atomic mass is 16.4. The van der Waals surface area contributed by atoms with Crippen molar-refractivity contribution in [3.63, 3.8) is 0 Å². The maximum absolute atomic E-state index is 11.0. The van der Waals surface area contributed by atoms with Crippen LogP contribution in [0.5, 0.6) is 0 Å². The average Bonchev–Trinajstić information content (AvgIpc) is 2.56. The normalized spacial score (nSPS) is 11.1. The smallest absolute Gasteiger partial charge is 0.336 e. The van der Waals surface area contributed by atoms with Crippen LogP contribution < -0.4 is 5.63 Å². The van der Waals surface area contributed by atoms with Crippen LogP contribution in [-0.2, 0) is 0 Å². The Bertz CT molecular complexity index is 661. The number of benzene rings is 1. The van der Waals surface area contributed by atoms with Crippen molar-refractivity contribution < 1.29 is 8.83 Å². The number of fused-ring (bicyclic) bond motifs is 3. The van der Waals surface area contributed by atoms with Crippen LogP contribution in [0.2, 0.25) is 0 Å². The van der Waals surface area contributed by atoms with Crippen molar-refractivity contribution in [1.29, 1.82) is 0 Å². The zero-order valence-electron chi connectivity index (χ0n) is 7.19. The highest BCUT2D eigenvalue weighted by molar-refractivity contribution is 6.04. The molecule has 0 saturated heterocycles. The van der Waals surface area contributed by atoms with Crippen LogP contribution in [0.4, 0.5) is 0 Å². The molecule has 3 rings (SSSR count). The summed E-state index contributed by atoms with van der Waals surface area (Å²) in [6.45, 7) is 0. The molecule has 0 saturated carbocycles. The van der Waals surface area contributed by atoms with Gasteiger partial charge in [-0.1, -0.05) is 18.2 Å². The Morgan fingerprint density at radius 1 is 1.00 bits per heavy atom. The van der Waals surface area contributed by atoms with Crippen LogP contribution in [0, 0.1) is 0 Å². The summed E-state index contributed by atoms with van der Waals surface area (Å²) in [7, 11) is 0. The van der Waals surface area contributed by atoms with E-state index in [0.717, 1.165) is 16.4 Å². The molecule has 0 fully saturated rings. The minimum absolute atomic E-state index is 0.357. The molecule has 0 bridgehead atoms. The second kappa shape index (κ2) is 2.48. The lowest BCUT2D eigenvalue weighted by Gasteiger charge is -1.84. The third kappa shape index (κ3) is 0.893. The summed E-state index contributed by atoms with van der Waals surface area (Å²) in [5, 5.41) is 1.74. The van der Waals surface area contributed by atoms with E-state index in [1.54, 1.807) is 0 Å². The predicted molar refractivity (Wildman–Crippen MR) is 52.3 cm³/mol. The lowest BCUT2D eigenvalue weighted by Crippen LogP contribution is -1.92. The molecular formula is C11H6O3. The van der Waals surface area contributed by atoms with E-state index < -0.39 is 0 Å². The second-order valence-electron chi connectivity index (χ2n) is 3.08. The van der Waals surface area contributed by atoms with Gasteiger partial charge < -0.3 is 8.83 Å². The summed E-state index contributed by atoms with van der Waals surface area (Å²) < 4.78 is 10.2. The largest absolute Gasteiger partial charge is 0.453 e. The third-order valence-corrected chi connectivity index (χ3v) is 2.21. The zero-order valence-corrected chi connectivity index (χ0v) is 7.19. The van der Waals surface area contributed by atoms with E-state index >= 15 is 0 Å². The minimum Gasteiger partial charge on any atom is -0.453 e. The molecule has 0 atom stereocenters. The monoisotopic (exact) mass is 186 g/mol. The zero-order chi connectivity index (χ0) is 9.54. The van der Waals surface area contributed by atoms with E-state index in [1.165, 1.54) is 12.3 Å². The molecule has 68 valence electrons. The van der Waals surface area contributed by atoms with Gasteiger partial charge in [-0.15, -0.1) is 0 Å². The highest BCUT2D eigenvalue weighted by Gasteiger charge is 2.06. The number of hydrogen-bond donors (Lipinski definition) is 0. The number of para-hydroxylation sites is 1. The van der Waals surface area contributed by atoms with Gasteiger partial charge in [-0.05, 0) is 6.07 Å². The van der Waals surface area contributed by atoms with Crippen LogP contribution in [0.25, 0.3) is 21.9 Å². The molecule has 0 unspecified atom stereocenters. The Morgan fingerprint density at radius 2 is 1.86 bits per heavy atom. The van der Waals surface area contributed by atoms with Crippen molar-refractivity contribution in [3.05, 3.63) is 47.0 Å². The van der Waals surface area contributed by atoms with Crippen LogP contribution in [-0.4, -0.2) is 0 Å². The summed E-state index contributed by atoms with van der Waals surface area (Å²) in [6, 6.07) is 9.02. The Kier molecular flexibility index (Phi) is 1.31. The van der Waals surface area contributed by atoms with Gasteiger partial charge in [0.2, 0.25) is 0 Å². The van der Waals surface area contributed by atoms with Gasteiger partial charge in [-0.2, -0.15) is 0 Å². The SMILES string of the molecule is O=c1cc2c(co1)oc1ccccc12. The van der Waals surface area contributed by atoms with E-state index in [4.69, 9.17) is 8.83 Å². The van der Waals surface area contributed by atoms with Gasteiger partial charge >= 0.3 is 5.63 Å².